The first-order chi connectivity index (χ1) is 14.4. The molecular weight excluding hydrogens is 386 g/mol. The minimum Gasteiger partial charge on any atom is -0.497 e. The van der Waals surface area contributed by atoms with E-state index in [-0.39, 0.29) is 18.6 Å². The zero-order valence-corrected chi connectivity index (χ0v) is 18.1. The molecule has 0 aromatic heterocycles. The number of likely N-dealkylation sites (N-methyl/N-ethyl adjacent to an activating group) is 1. The van der Waals surface area contributed by atoms with Gasteiger partial charge < -0.3 is 28.2 Å². The molecule has 0 amide bonds. The van der Waals surface area contributed by atoms with E-state index in [1.807, 2.05) is 6.07 Å². The lowest BCUT2D eigenvalue weighted by molar-refractivity contribution is -0.922. The second-order valence-electron chi connectivity index (χ2n) is 8.18. The highest BCUT2D eigenvalue weighted by molar-refractivity contribution is 5.99. The molecule has 1 atom stereocenters. The molecule has 0 saturated heterocycles. The van der Waals surface area contributed by atoms with Gasteiger partial charge in [0, 0.05) is 6.42 Å². The molecule has 160 valence electrons. The van der Waals surface area contributed by atoms with E-state index >= 15 is 0 Å². The van der Waals surface area contributed by atoms with Crippen molar-refractivity contribution in [1.29, 1.82) is 0 Å². The molecule has 7 nitrogen and oxygen atoms in total. The van der Waals surface area contributed by atoms with Crippen molar-refractivity contribution in [2.75, 3.05) is 48.8 Å². The third-order valence-corrected chi connectivity index (χ3v) is 6.17. The molecule has 30 heavy (non-hydrogen) atoms. The van der Waals surface area contributed by atoms with Crippen molar-refractivity contribution in [2.45, 2.75) is 18.9 Å². The van der Waals surface area contributed by atoms with Crippen LogP contribution in [-0.2, 0) is 6.42 Å². The van der Waals surface area contributed by atoms with Crippen LogP contribution in [0.15, 0.2) is 24.3 Å². The maximum Gasteiger partial charge on any atom is 0.231 e. The fourth-order valence-electron chi connectivity index (χ4n) is 4.43. The molecule has 2 aromatic carbocycles. The van der Waals surface area contributed by atoms with E-state index in [0.29, 0.717) is 45.2 Å². The maximum atomic E-state index is 13.4. The highest BCUT2D eigenvalue weighted by Crippen LogP contribution is 2.51. The number of hydrogen-bond acceptors (Lipinski definition) is 6. The number of hydrogen-bond donors (Lipinski definition) is 0. The van der Waals surface area contributed by atoms with Gasteiger partial charge in [-0.2, -0.15) is 0 Å². The Morgan fingerprint density at radius 1 is 1.10 bits per heavy atom. The minimum atomic E-state index is -0.0957. The summed E-state index contributed by atoms with van der Waals surface area (Å²) in [7, 11) is 9.08. The quantitative estimate of drug-likeness (QED) is 0.533. The standard InChI is InChI=1S/C23H28NO6/c1-24(2)9-8-14-10-20-22(30-13-29-20)23(28-5)21(14)17(24)12-18(25)16-11-15(26-3)6-7-19(16)27-4/h6-7,10-11,17H,8-9,12-13H2,1-5H3/q+1/t17-/m1/s1. The molecule has 0 saturated carbocycles. The summed E-state index contributed by atoms with van der Waals surface area (Å²) in [5.74, 6) is 3.15. The Bertz CT molecular complexity index is 984. The van der Waals surface area contributed by atoms with E-state index in [0.717, 1.165) is 24.1 Å². The van der Waals surface area contributed by atoms with E-state index in [9.17, 15) is 4.79 Å². The normalized spacial score (nSPS) is 18.5. The van der Waals surface area contributed by atoms with E-state index in [2.05, 4.69) is 14.1 Å². The molecule has 0 spiro atoms. The predicted octanol–water partition coefficient (Wildman–Crippen LogP) is 3.39. The number of carbonyl (C=O) groups is 1. The number of benzene rings is 2. The number of quaternary nitrogens is 1. The van der Waals surface area contributed by atoms with Crippen LogP contribution in [0.4, 0.5) is 0 Å². The number of Topliss-reactive ketones (excluding diaryl/α,β-unsaturated/α-hetero) is 1. The third kappa shape index (κ3) is 3.33. The summed E-state index contributed by atoms with van der Waals surface area (Å²) in [5, 5.41) is 0. The molecule has 7 heteroatoms. The minimum absolute atomic E-state index is 0.00507. The number of fused-ring (bicyclic) bond motifs is 2. The van der Waals surface area contributed by atoms with Crippen molar-refractivity contribution < 1.29 is 33.0 Å². The van der Waals surface area contributed by atoms with Gasteiger partial charge in [0.25, 0.3) is 0 Å². The Kier molecular flexibility index (Phi) is 5.24. The van der Waals surface area contributed by atoms with Crippen LogP contribution in [0.3, 0.4) is 0 Å². The Labute approximate surface area is 176 Å². The number of carbonyl (C=O) groups excluding carboxylic acids is 1. The van der Waals surface area contributed by atoms with Gasteiger partial charge in [-0.1, -0.05) is 0 Å². The molecule has 0 aliphatic carbocycles. The largest absolute Gasteiger partial charge is 0.497 e. The molecule has 4 rings (SSSR count). The summed E-state index contributed by atoms with van der Waals surface area (Å²) in [5.41, 5.74) is 2.68. The van der Waals surface area contributed by atoms with Crippen molar-refractivity contribution >= 4 is 5.78 Å². The Balaban J connectivity index is 1.77. The molecule has 2 heterocycles. The van der Waals surface area contributed by atoms with E-state index in [1.54, 1.807) is 39.5 Å². The summed E-state index contributed by atoms with van der Waals surface area (Å²) < 4.78 is 28.5. The molecular formula is C23H28NO6+. The number of nitrogens with zero attached hydrogens (tertiary/aromatic N) is 1. The predicted molar refractivity (Wildman–Crippen MR) is 111 cm³/mol. The second-order valence-corrected chi connectivity index (χ2v) is 8.18. The van der Waals surface area contributed by atoms with Crippen LogP contribution in [-0.4, -0.2) is 59.0 Å². The summed E-state index contributed by atoms with van der Waals surface area (Å²) in [4.78, 5) is 13.4. The van der Waals surface area contributed by atoms with Crippen LogP contribution in [0.25, 0.3) is 0 Å². The molecule has 2 aromatic rings. The Morgan fingerprint density at radius 3 is 2.60 bits per heavy atom. The molecule has 2 aliphatic rings. The topological polar surface area (TPSA) is 63.2 Å². The summed E-state index contributed by atoms with van der Waals surface area (Å²) in [6.07, 6.45) is 1.18. The summed E-state index contributed by atoms with van der Waals surface area (Å²) in [6.45, 7) is 1.08. The smallest absolute Gasteiger partial charge is 0.231 e. The zero-order valence-electron chi connectivity index (χ0n) is 18.1. The summed E-state index contributed by atoms with van der Waals surface area (Å²) in [6, 6.07) is 7.22. The van der Waals surface area contributed by atoms with Crippen LogP contribution in [0.5, 0.6) is 28.7 Å². The van der Waals surface area contributed by atoms with E-state index in [4.69, 9.17) is 23.7 Å². The molecule has 2 aliphatic heterocycles. The van der Waals surface area contributed by atoms with Crippen molar-refractivity contribution in [3.05, 3.63) is 41.0 Å². The molecule has 0 unspecified atom stereocenters. The van der Waals surface area contributed by atoms with Crippen LogP contribution in [0.1, 0.15) is 33.9 Å². The fourth-order valence-corrected chi connectivity index (χ4v) is 4.43. The van der Waals surface area contributed by atoms with Crippen LogP contribution in [0.2, 0.25) is 0 Å². The van der Waals surface area contributed by atoms with Gasteiger partial charge in [0.15, 0.2) is 17.3 Å². The van der Waals surface area contributed by atoms with Gasteiger partial charge >= 0.3 is 0 Å². The lowest BCUT2D eigenvalue weighted by Crippen LogP contribution is -2.48. The molecule has 0 radical (unpaired) electrons. The van der Waals surface area contributed by atoms with Crippen molar-refractivity contribution in [1.82, 2.24) is 0 Å². The van der Waals surface area contributed by atoms with Crippen molar-refractivity contribution in [3.8, 4) is 28.7 Å². The number of ether oxygens (including phenoxy) is 5. The van der Waals surface area contributed by atoms with Gasteiger partial charge in [-0.05, 0) is 29.8 Å². The highest BCUT2D eigenvalue weighted by atomic mass is 16.7. The van der Waals surface area contributed by atoms with Crippen molar-refractivity contribution in [2.24, 2.45) is 0 Å². The SMILES string of the molecule is COc1ccc(OC)c(C(=O)C[C@@H]2c3c(cc4c(c3OC)OCO4)CC[N+]2(C)C)c1. The first-order valence-corrected chi connectivity index (χ1v) is 9.97. The fraction of sp³-hybridized carbons (Fsp3) is 0.435. The Morgan fingerprint density at radius 2 is 1.90 bits per heavy atom. The maximum absolute atomic E-state index is 13.4. The van der Waals surface area contributed by atoms with Gasteiger partial charge in [0.1, 0.15) is 17.5 Å². The Hall–Kier alpha value is -2.93. The number of methoxy groups -OCH3 is 3. The molecule has 0 N–H and O–H groups in total. The number of rotatable bonds is 6. The van der Waals surface area contributed by atoms with Gasteiger partial charge in [0.2, 0.25) is 12.5 Å². The van der Waals surface area contributed by atoms with Gasteiger partial charge in [-0.3, -0.25) is 4.79 Å². The molecule has 0 bridgehead atoms. The lowest BCUT2D eigenvalue weighted by Gasteiger charge is -2.43. The average Bonchev–Trinajstić information content (AvgIpc) is 3.22. The zero-order chi connectivity index (χ0) is 21.5. The highest BCUT2D eigenvalue weighted by Gasteiger charge is 2.42. The summed E-state index contributed by atoms with van der Waals surface area (Å²) >= 11 is 0. The van der Waals surface area contributed by atoms with Crippen LogP contribution < -0.4 is 23.7 Å². The van der Waals surface area contributed by atoms with E-state index in [1.165, 1.54) is 0 Å². The average molecular weight is 414 g/mol. The van der Waals surface area contributed by atoms with Gasteiger partial charge in [0.05, 0.1) is 59.5 Å². The number of ketones is 1. The van der Waals surface area contributed by atoms with E-state index < -0.39 is 0 Å². The lowest BCUT2D eigenvalue weighted by atomic mass is 9.85. The van der Waals surface area contributed by atoms with Crippen LogP contribution >= 0.6 is 0 Å². The molecule has 0 fully saturated rings. The first-order valence-electron chi connectivity index (χ1n) is 9.97. The second kappa shape index (κ2) is 7.72. The first kappa shape index (κ1) is 20.3. The van der Waals surface area contributed by atoms with Crippen molar-refractivity contribution in [3.63, 3.8) is 0 Å². The van der Waals surface area contributed by atoms with Gasteiger partial charge in [-0.25, -0.2) is 0 Å². The third-order valence-electron chi connectivity index (χ3n) is 6.17. The van der Waals surface area contributed by atoms with Gasteiger partial charge in [-0.15, -0.1) is 0 Å². The monoisotopic (exact) mass is 414 g/mol. The van der Waals surface area contributed by atoms with Crippen LogP contribution in [0, 0.1) is 0 Å².